The summed E-state index contributed by atoms with van der Waals surface area (Å²) >= 11 is 0. The van der Waals surface area contributed by atoms with Gasteiger partial charge >= 0.3 is 0 Å². The number of aromatic nitrogens is 3. The van der Waals surface area contributed by atoms with Gasteiger partial charge in [-0.05, 0) is 26.0 Å². The number of rotatable bonds is 5. The molecule has 2 aromatic rings. The van der Waals surface area contributed by atoms with Gasteiger partial charge in [-0.3, -0.25) is 4.98 Å². The second kappa shape index (κ2) is 5.59. The molecule has 1 N–H and O–H groups in total. The minimum absolute atomic E-state index is 0.842. The lowest BCUT2D eigenvalue weighted by Gasteiger charge is -2.11. The molecule has 2 aromatic heterocycles. The van der Waals surface area contributed by atoms with E-state index in [0.29, 0.717) is 0 Å². The number of hydrogen-bond acceptors (Lipinski definition) is 3. The molecule has 0 aliphatic carbocycles. The summed E-state index contributed by atoms with van der Waals surface area (Å²) in [4.78, 5) is 8.44. The highest BCUT2D eigenvalue weighted by atomic mass is 15.0. The fourth-order valence-corrected chi connectivity index (χ4v) is 1.75. The molecule has 0 saturated carbocycles. The van der Waals surface area contributed by atoms with Crippen LogP contribution in [0.3, 0.4) is 0 Å². The number of imidazole rings is 1. The molecule has 0 aromatic carbocycles. The Hall–Kier alpha value is -1.68. The maximum atomic E-state index is 4.35. The van der Waals surface area contributed by atoms with Gasteiger partial charge in [-0.1, -0.05) is 6.92 Å². The van der Waals surface area contributed by atoms with Gasteiger partial charge in [0.2, 0.25) is 0 Å². The van der Waals surface area contributed by atoms with Crippen molar-refractivity contribution in [1.82, 2.24) is 19.9 Å². The van der Waals surface area contributed by atoms with Gasteiger partial charge in [0, 0.05) is 36.4 Å². The minimum Gasteiger partial charge on any atom is -0.313 e. The highest BCUT2D eigenvalue weighted by molar-refractivity contribution is 5.40. The van der Waals surface area contributed by atoms with E-state index in [2.05, 4.69) is 28.3 Å². The van der Waals surface area contributed by atoms with Crippen LogP contribution < -0.4 is 5.32 Å². The predicted octanol–water partition coefficient (Wildman–Crippen LogP) is 2.08. The summed E-state index contributed by atoms with van der Waals surface area (Å²) in [6.45, 7) is 6.03. The van der Waals surface area contributed by atoms with Gasteiger partial charge in [0.1, 0.15) is 0 Å². The fourth-order valence-electron chi connectivity index (χ4n) is 1.75. The van der Waals surface area contributed by atoms with Crippen molar-refractivity contribution in [2.75, 3.05) is 6.54 Å². The number of hydrogen-bond donors (Lipinski definition) is 1. The second-order valence-corrected chi connectivity index (χ2v) is 4.10. The molecule has 0 saturated heterocycles. The molecule has 0 bridgehead atoms. The smallest absolute Gasteiger partial charge is 0.0991 e. The lowest BCUT2D eigenvalue weighted by molar-refractivity contribution is 0.671. The first-order valence-electron chi connectivity index (χ1n) is 5.96. The van der Waals surface area contributed by atoms with Crippen molar-refractivity contribution < 1.29 is 0 Å². The topological polar surface area (TPSA) is 42.7 Å². The first-order chi connectivity index (χ1) is 8.31. The minimum atomic E-state index is 0.842. The van der Waals surface area contributed by atoms with E-state index in [-0.39, 0.29) is 0 Å². The fraction of sp³-hybridized carbons (Fsp3) is 0.385. The SMILES string of the molecule is CCCNCc1cnc(C)cc1-n1ccnc1. The maximum absolute atomic E-state index is 4.35. The van der Waals surface area contributed by atoms with E-state index >= 15 is 0 Å². The Morgan fingerprint density at radius 2 is 2.29 bits per heavy atom. The van der Waals surface area contributed by atoms with Crippen molar-refractivity contribution in [3.8, 4) is 5.69 Å². The van der Waals surface area contributed by atoms with E-state index in [1.807, 2.05) is 30.2 Å². The first kappa shape index (κ1) is 11.8. The van der Waals surface area contributed by atoms with Crippen molar-refractivity contribution in [2.45, 2.75) is 26.8 Å². The average Bonchev–Trinajstić information content (AvgIpc) is 2.85. The Morgan fingerprint density at radius 1 is 1.41 bits per heavy atom. The van der Waals surface area contributed by atoms with Crippen LogP contribution in [-0.2, 0) is 6.54 Å². The van der Waals surface area contributed by atoms with Crippen LogP contribution in [0.5, 0.6) is 0 Å². The zero-order valence-corrected chi connectivity index (χ0v) is 10.3. The Kier molecular flexibility index (Phi) is 3.88. The molecule has 0 atom stereocenters. The molecule has 0 fully saturated rings. The zero-order chi connectivity index (χ0) is 12.1. The third kappa shape index (κ3) is 2.91. The molecule has 4 heteroatoms. The van der Waals surface area contributed by atoms with Gasteiger partial charge in [-0.15, -0.1) is 0 Å². The van der Waals surface area contributed by atoms with E-state index in [9.17, 15) is 0 Å². The van der Waals surface area contributed by atoms with E-state index < -0.39 is 0 Å². The zero-order valence-electron chi connectivity index (χ0n) is 10.3. The van der Waals surface area contributed by atoms with E-state index in [4.69, 9.17) is 0 Å². The van der Waals surface area contributed by atoms with Gasteiger partial charge < -0.3 is 9.88 Å². The van der Waals surface area contributed by atoms with E-state index in [1.54, 1.807) is 6.20 Å². The van der Waals surface area contributed by atoms with Crippen LogP contribution in [0, 0.1) is 6.92 Å². The standard InChI is InChI=1S/C13H18N4/c1-3-4-14-8-12-9-16-11(2)7-13(12)17-6-5-15-10-17/h5-7,9-10,14H,3-4,8H2,1-2H3. The molecule has 0 radical (unpaired) electrons. The van der Waals surface area contributed by atoms with Gasteiger partial charge in [0.15, 0.2) is 0 Å². The largest absolute Gasteiger partial charge is 0.313 e. The molecule has 17 heavy (non-hydrogen) atoms. The maximum Gasteiger partial charge on any atom is 0.0991 e. The summed E-state index contributed by atoms with van der Waals surface area (Å²) in [5, 5.41) is 3.40. The lowest BCUT2D eigenvalue weighted by Crippen LogP contribution is -2.15. The van der Waals surface area contributed by atoms with Gasteiger partial charge in [-0.2, -0.15) is 0 Å². The molecule has 90 valence electrons. The molecular formula is C13H18N4. The molecule has 2 heterocycles. The van der Waals surface area contributed by atoms with Crippen molar-refractivity contribution in [3.63, 3.8) is 0 Å². The van der Waals surface area contributed by atoms with E-state index in [1.165, 1.54) is 5.56 Å². The molecule has 0 amide bonds. The summed E-state index contributed by atoms with van der Waals surface area (Å²) in [5.41, 5.74) is 3.37. The quantitative estimate of drug-likeness (QED) is 0.800. The Morgan fingerprint density at radius 3 is 3.00 bits per heavy atom. The Labute approximate surface area is 102 Å². The van der Waals surface area contributed by atoms with Crippen LogP contribution in [0.15, 0.2) is 31.0 Å². The average molecular weight is 230 g/mol. The van der Waals surface area contributed by atoms with Gasteiger partial charge in [0.05, 0.1) is 12.0 Å². The number of pyridine rings is 1. The summed E-state index contributed by atoms with van der Waals surface area (Å²) in [5.74, 6) is 0. The number of aryl methyl sites for hydroxylation is 1. The highest BCUT2D eigenvalue weighted by Crippen LogP contribution is 2.14. The monoisotopic (exact) mass is 230 g/mol. The molecule has 4 nitrogen and oxygen atoms in total. The molecule has 0 aliphatic rings. The third-order valence-electron chi connectivity index (χ3n) is 2.62. The third-order valence-corrected chi connectivity index (χ3v) is 2.62. The van der Waals surface area contributed by atoms with E-state index in [0.717, 1.165) is 30.9 Å². The molecular weight excluding hydrogens is 212 g/mol. The molecule has 0 unspecified atom stereocenters. The molecule has 0 spiro atoms. The van der Waals surface area contributed by atoms with Crippen LogP contribution in [-0.4, -0.2) is 21.1 Å². The summed E-state index contributed by atoms with van der Waals surface area (Å²) < 4.78 is 2.03. The Bertz CT molecular complexity index is 462. The van der Waals surface area contributed by atoms with Crippen molar-refractivity contribution >= 4 is 0 Å². The lowest BCUT2D eigenvalue weighted by atomic mass is 10.2. The number of nitrogens with one attached hydrogen (secondary N) is 1. The summed E-state index contributed by atoms with van der Waals surface area (Å²) in [6, 6.07) is 2.09. The second-order valence-electron chi connectivity index (χ2n) is 4.10. The van der Waals surface area contributed by atoms with Crippen LogP contribution >= 0.6 is 0 Å². The summed E-state index contributed by atoms with van der Waals surface area (Å²) in [6.07, 6.45) is 8.64. The van der Waals surface area contributed by atoms with Crippen LogP contribution in [0.25, 0.3) is 5.69 Å². The molecule has 0 aliphatic heterocycles. The Balaban J connectivity index is 2.25. The number of nitrogens with zero attached hydrogens (tertiary/aromatic N) is 3. The highest BCUT2D eigenvalue weighted by Gasteiger charge is 2.05. The predicted molar refractivity (Wildman–Crippen MR) is 68.1 cm³/mol. The van der Waals surface area contributed by atoms with Crippen LogP contribution in [0.2, 0.25) is 0 Å². The van der Waals surface area contributed by atoms with Crippen molar-refractivity contribution in [3.05, 3.63) is 42.2 Å². The summed E-state index contributed by atoms with van der Waals surface area (Å²) in [7, 11) is 0. The van der Waals surface area contributed by atoms with Crippen LogP contribution in [0.4, 0.5) is 0 Å². The van der Waals surface area contributed by atoms with Gasteiger partial charge in [-0.25, -0.2) is 4.98 Å². The normalized spacial score (nSPS) is 10.7. The molecule has 2 rings (SSSR count). The van der Waals surface area contributed by atoms with Crippen molar-refractivity contribution in [1.29, 1.82) is 0 Å². The van der Waals surface area contributed by atoms with Gasteiger partial charge in [0.25, 0.3) is 0 Å². The van der Waals surface area contributed by atoms with Crippen LogP contribution in [0.1, 0.15) is 24.6 Å². The van der Waals surface area contributed by atoms with Crippen molar-refractivity contribution in [2.24, 2.45) is 0 Å². The first-order valence-corrected chi connectivity index (χ1v) is 5.96.